The predicted octanol–water partition coefficient (Wildman–Crippen LogP) is 4.76. The van der Waals surface area contributed by atoms with E-state index in [1.807, 2.05) is 0 Å². The number of rotatable bonds is 2. The zero-order valence-corrected chi connectivity index (χ0v) is 15.5. The third kappa shape index (κ3) is 2.11. The van der Waals surface area contributed by atoms with Gasteiger partial charge in [0.2, 0.25) is 0 Å². The Hall–Kier alpha value is -3.07. The quantitative estimate of drug-likeness (QED) is 0.417. The van der Waals surface area contributed by atoms with E-state index < -0.39 is 0 Å². The van der Waals surface area contributed by atoms with E-state index in [-0.39, 0.29) is 0 Å². The van der Waals surface area contributed by atoms with Crippen molar-refractivity contribution in [3.05, 3.63) is 72.4 Å². The average Bonchev–Trinajstić information content (AvgIpc) is 3.05. The summed E-state index contributed by atoms with van der Waals surface area (Å²) in [7, 11) is 0. The maximum Gasteiger partial charge on any atom is 0.292 e. The summed E-state index contributed by atoms with van der Waals surface area (Å²) in [4.78, 5) is 2.45. The molecule has 0 unspecified atom stereocenters. The van der Waals surface area contributed by atoms with Crippen molar-refractivity contribution in [2.75, 3.05) is 18.0 Å². The first kappa shape index (κ1) is 15.0. The molecule has 132 valence electrons. The third-order valence-electron chi connectivity index (χ3n) is 6.07. The van der Waals surface area contributed by atoms with Gasteiger partial charge < -0.3 is 4.90 Å². The minimum Gasteiger partial charge on any atom is -0.371 e. The van der Waals surface area contributed by atoms with Gasteiger partial charge in [-0.15, -0.1) is 0 Å². The zero-order valence-electron chi connectivity index (χ0n) is 15.5. The molecule has 6 rings (SSSR count). The Morgan fingerprint density at radius 1 is 0.889 bits per heavy atom. The van der Waals surface area contributed by atoms with Crippen molar-refractivity contribution in [1.82, 2.24) is 4.40 Å². The smallest absolute Gasteiger partial charge is 0.292 e. The lowest BCUT2D eigenvalue weighted by Gasteiger charge is -2.33. The van der Waals surface area contributed by atoms with E-state index in [1.54, 1.807) is 0 Å². The summed E-state index contributed by atoms with van der Waals surface area (Å²) in [5.74, 6) is 0. The van der Waals surface area contributed by atoms with Gasteiger partial charge in [-0.3, -0.25) is 0 Å². The van der Waals surface area contributed by atoms with Crippen LogP contribution in [0.2, 0.25) is 0 Å². The van der Waals surface area contributed by atoms with Crippen LogP contribution in [0.25, 0.3) is 33.0 Å². The first-order valence-corrected chi connectivity index (χ1v) is 9.88. The summed E-state index contributed by atoms with van der Waals surface area (Å²) in [5.41, 5.74) is 7.70. The Balaban J connectivity index is 1.66. The van der Waals surface area contributed by atoms with E-state index in [0.29, 0.717) is 0 Å². The lowest BCUT2D eigenvalue weighted by Crippen LogP contribution is -2.36. The Kier molecular flexibility index (Phi) is 3.04. The van der Waals surface area contributed by atoms with Gasteiger partial charge in [0, 0.05) is 35.6 Å². The molecular weight excluding hydrogens is 330 g/mol. The van der Waals surface area contributed by atoms with Crippen LogP contribution in [0.3, 0.4) is 0 Å². The standard InChI is InChI=1S/C24H22N3/c1-2-17-4-9-22-18(14-17)6-11-24-26(22)16-21-7-5-19-15-20(25-12-3-13-25)8-10-23(19)27(21)24/h4-11,14-16H,2-3,12-13H2,1H3/q+1. The van der Waals surface area contributed by atoms with Crippen molar-refractivity contribution in [2.24, 2.45) is 0 Å². The van der Waals surface area contributed by atoms with Crippen LogP contribution >= 0.6 is 0 Å². The number of benzene rings is 2. The minimum absolute atomic E-state index is 1.07. The molecule has 3 heteroatoms. The Labute approximate surface area is 158 Å². The molecule has 0 radical (unpaired) electrons. The first-order chi connectivity index (χ1) is 13.3. The van der Waals surface area contributed by atoms with Gasteiger partial charge in [0.15, 0.2) is 5.52 Å². The van der Waals surface area contributed by atoms with Crippen LogP contribution in [0.4, 0.5) is 5.69 Å². The predicted molar refractivity (Wildman–Crippen MR) is 112 cm³/mol. The maximum atomic E-state index is 2.45. The number of pyridine rings is 2. The van der Waals surface area contributed by atoms with E-state index in [0.717, 1.165) is 6.42 Å². The second-order valence-corrected chi connectivity index (χ2v) is 7.61. The van der Waals surface area contributed by atoms with E-state index in [1.165, 1.54) is 63.7 Å². The van der Waals surface area contributed by atoms with Crippen molar-refractivity contribution >= 4 is 38.7 Å². The highest BCUT2D eigenvalue weighted by Crippen LogP contribution is 2.27. The van der Waals surface area contributed by atoms with Crippen molar-refractivity contribution in [2.45, 2.75) is 19.8 Å². The van der Waals surface area contributed by atoms with Gasteiger partial charge in [0.05, 0.1) is 0 Å². The van der Waals surface area contributed by atoms with Crippen LogP contribution in [-0.2, 0) is 6.42 Å². The molecule has 3 aromatic heterocycles. The number of nitrogens with zero attached hydrogens (tertiary/aromatic N) is 3. The molecule has 1 fully saturated rings. The number of imidazole rings is 1. The number of hydrogen-bond acceptors (Lipinski definition) is 1. The largest absolute Gasteiger partial charge is 0.371 e. The third-order valence-corrected chi connectivity index (χ3v) is 6.07. The lowest BCUT2D eigenvalue weighted by atomic mass is 10.1. The molecule has 1 aliphatic rings. The van der Waals surface area contributed by atoms with Crippen LogP contribution in [0, 0.1) is 0 Å². The molecule has 1 aliphatic heterocycles. The summed E-state index contributed by atoms with van der Waals surface area (Å²) >= 11 is 0. The van der Waals surface area contributed by atoms with Crippen LogP contribution in [0.1, 0.15) is 18.9 Å². The maximum absolute atomic E-state index is 2.45. The molecule has 0 atom stereocenters. The van der Waals surface area contributed by atoms with Crippen molar-refractivity contribution < 1.29 is 4.40 Å². The molecule has 4 heterocycles. The minimum atomic E-state index is 1.07. The molecule has 27 heavy (non-hydrogen) atoms. The topological polar surface area (TPSA) is 11.8 Å². The summed E-state index contributed by atoms with van der Waals surface area (Å²) in [6.07, 6.45) is 4.63. The van der Waals surface area contributed by atoms with Gasteiger partial charge in [-0.25, -0.2) is 0 Å². The summed E-state index contributed by atoms with van der Waals surface area (Å²) in [6.45, 7) is 4.57. The van der Waals surface area contributed by atoms with Crippen LogP contribution < -0.4 is 9.30 Å². The second kappa shape index (κ2) is 5.46. The van der Waals surface area contributed by atoms with Crippen LogP contribution in [0.15, 0.2) is 66.9 Å². The molecule has 0 saturated carbocycles. The molecule has 3 nitrogen and oxygen atoms in total. The average molecular weight is 352 g/mol. The number of aryl methyl sites for hydroxylation is 1. The normalized spacial score (nSPS) is 14.5. The van der Waals surface area contributed by atoms with Crippen molar-refractivity contribution in [1.29, 1.82) is 0 Å². The molecule has 2 aromatic carbocycles. The highest BCUT2D eigenvalue weighted by Gasteiger charge is 2.19. The number of hydrogen-bond donors (Lipinski definition) is 0. The fraction of sp³-hybridized carbons (Fsp3) is 0.208. The number of aromatic nitrogens is 2. The molecule has 0 spiro atoms. The van der Waals surface area contributed by atoms with Gasteiger partial charge in [-0.1, -0.05) is 13.0 Å². The molecule has 0 amide bonds. The van der Waals surface area contributed by atoms with Crippen molar-refractivity contribution in [3.63, 3.8) is 0 Å². The van der Waals surface area contributed by atoms with Gasteiger partial charge in [0.25, 0.3) is 5.65 Å². The summed E-state index contributed by atoms with van der Waals surface area (Å²) in [5, 5.41) is 2.60. The number of anilines is 1. The second-order valence-electron chi connectivity index (χ2n) is 7.61. The molecule has 1 saturated heterocycles. The molecular formula is C24H22N3+. The highest BCUT2D eigenvalue weighted by molar-refractivity contribution is 5.88. The Morgan fingerprint density at radius 3 is 2.59 bits per heavy atom. The van der Waals surface area contributed by atoms with E-state index in [2.05, 4.69) is 87.5 Å². The molecule has 0 N–H and O–H groups in total. The van der Waals surface area contributed by atoms with E-state index in [9.17, 15) is 0 Å². The van der Waals surface area contributed by atoms with Gasteiger partial charge in [0.1, 0.15) is 17.2 Å². The first-order valence-electron chi connectivity index (χ1n) is 9.88. The van der Waals surface area contributed by atoms with Crippen LogP contribution in [-0.4, -0.2) is 17.5 Å². The van der Waals surface area contributed by atoms with Gasteiger partial charge in [-0.05, 0) is 66.9 Å². The fourth-order valence-corrected chi connectivity index (χ4v) is 4.39. The highest BCUT2D eigenvalue weighted by atomic mass is 15.2. The van der Waals surface area contributed by atoms with E-state index >= 15 is 0 Å². The van der Waals surface area contributed by atoms with Gasteiger partial charge >= 0.3 is 0 Å². The van der Waals surface area contributed by atoms with Crippen LogP contribution in [0.5, 0.6) is 0 Å². The van der Waals surface area contributed by atoms with Crippen molar-refractivity contribution in [3.8, 4) is 0 Å². The fourth-order valence-electron chi connectivity index (χ4n) is 4.39. The SMILES string of the molecule is CCc1ccc2c(ccc3n4c(ccc5cc(N6CCC6)ccc54)c[n+]23)c1. The zero-order chi connectivity index (χ0) is 18.0. The van der Waals surface area contributed by atoms with E-state index in [4.69, 9.17) is 0 Å². The summed E-state index contributed by atoms with van der Waals surface area (Å²) < 4.78 is 4.70. The monoisotopic (exact) mass is 352 g/mol. The number of fused-ring (bicyclic) bond motifs is 7. The molecule has 0 bridgehead atoms. The molecule has 0 aliphatic carbocycles. The summed E-state index contributed by atoms with van der Waals surface area (Å²) in [6, 6.07) is 22.7. The Bertz CT molecular complexity index is 1340. The Morgan fingerprint density at radius 2 is 1.78 bits per heavy atom. The van der Waals surface area contributed by atoms with Gasteiger partial charge in [-0.2, -0.15) is 8.80 Å². The molecule has 5 aromatic rings. The lowest BCUT2D eigenvalue weighted by molar-refractivity contribution is -0.479.